The smallest absolute Gasteiger partial charge is 0.171 e. The average Bonchev–Trinajstić information content (AvgIpc) is 2.37. The van der Waals surface area contributed by atoms with Gasteiger partial charge in [-0.3, -0.25) is 4.79 Å². The first kappa shape index (κ1) is 14.2. The number of hydrogen-bond donors (Lipinski definition) is 0. The standard InChI is InChI=1S/C14H8BrClF2O/c15-9-3-1-8(2-4-9)7-12(19)13-10(16)5-6-11(17)14(13)18/h1-6H,7H2. The van der Waals surface area contributed by atoms with E-state index in [9.17, 15) is 13.6 Å². The van der Waals surface area contributed by atoms with Crippen LogP contribution < -0.4 is 0 Å². The van der Waals surface area contributed by atoms with Crippen LogP contribution in [0.25, 0.3) is 0 Å². The lowest BCUT2D eigenvalue weighted by molar-refractivity contribution is 0.0988. The van der Waals surface area contributed by atoms with Crippen molar-refractivity contribution >= 4 is 33.3 Å². The molecule has 0 atom stereocenters. The van der Waals surface area contributed by atoms with Crippen LogP contribution in [0.3, 0.4) is 0 Å². The largest absolute Gasteiger partial charge is 0.294 e. The third-order valence-electron chi connectivity index (χ3n) is 2.60. The molecule has 0 bridgehead atoms. The van der Waals surface area contributed by atoms with Crippen LogP contribution in [0, 0.1) is 11.6 Å². The molecule has 98 valence electrons. The van der Waals surface area contributed by atoms with E-state index in [0.29, 0.717) is 5.56 Å². The molecule has 2 aromatic carbocycles. The molecular formula is C14H8BrClF2O. The van der Waals surface area contributed by atoms with E-state index < -0.39 is 23.0 Å². The van der Waals surface area contributed by atoms with Crippen LogP contribution in [-0.4, -0.2) is 5.78 Å². The van der Waals surface area contributed by atoms with Crippen LogP contribution in [-0.2, 0) is 6.42 Å². The zero-order valence-electron chi connectivity index (χ0n) is 9.59. The van der Waals surface area contributed by atoms with Gasteiger partial charge in [-0.15, -0.1) is 0 Å². The third-order valence-corrected chi connectivity index (χ3v) is 3.44. The Morgan fingerprint density at radius 2 is 1.74 bits per heavy atom. The summed E-state index contributed by atoms with van der Waals surface area (Å²) < 4.78 is 27.6. The highest BCUT2D eigenvalue weighted by atomic mass is 79.9. The van der Waals surface area contributed by atoms with Gasteiger partial charge in [-0.2, -0.15) is 0 Å². The van der Waals surface area contributed by atoms with Crippen LogP contribution in [0.2, 0.25) is 5.02 Å². The van der Waals surface area contributed by atoms with Crippen molar-refractivity contribution in [2.75, 3.05) is 0 Å². The number of Topliss-reactive ketones (excluding diaryl/α,β-unsaturated/α-hetero) is 1. The highest BCUT2D eigenvalue weighted by Gasteiger charge is 2.19. The molecule has 0 aliphatic heterocycles. The monoisotopic (exact) mass is 344 g/mol. The first-order chi connectivity index (χ1) is 8.99. The SMILES string of the molecule is O=C(Cc1ccc(Br)cc1)c1c(Cl)ccc(F)c1F. The minimum atomic E-state index is -1.20. The zero-order chi connectivity index (χ0) is 14.0. The molecule has 0 saturated carbocycles. The minimum Gasteiger partial charge on any atom is -0.294 e. The van der Waals surface area contributed by atoms with Crippen molar-refractivity contribution in [2.45, 2.75) is 6.42 Å². The zero-order valence-corrected chi connectivity index (χ0v) is 11.9. The van der Waals surface area contributed by atoms with E-state index in [1.165, 1.54) is 6.07 Å². The maximum Gasteiger partial charge on any atom is 0.171 e. The van der Waals surface area contributed by atoms with Gasteiger partial charge < -0.3 is 0 Å². The molecule has 0 heterocycles. The van der Waals surface area contributed by atoms with Gasteiger partial charge in [0.2, 0.25) is 0 Å². The van der Waals surface area contributed by atoms with Crippen LogP contribution in [0.4, 0.5) is 8.78 Å². The fraction of sp³-hybridized carbons (Fsp3) is 0.0714. The first-order valence-corrected chi connectivity index (χ1v) is 6.57. The van der Waals surface area contributed by atoms with Gasteiger partial charge in [-0.05, 0) is 29.8 Å². The lowest BCUT2D eigenvalue weighted by Gasteiger charge is -2.06. The van der Waals surface area contributed by atoms with Crippen LogP contribution >= 0.6 is 27.5 Å². The van der Waals surface area contributed by atoms with Gasteiger partial charge in [0.05, 0.1) is 10.6 Å². The molecule has 1 nitrogen and oxygen atoms in total. The molecule has 0 fully saturated rings. The van der Waals surface area contributed by atoms with Gasteiger partial charge in [0.25, 0.3) is 0 Å². The second-order valence-corrected chi connectivity index (χ2v) is 5.27. The van der Waals surface area contributed by atoms with Crippen LogP contribution in [0.1, 0.15) is 15.9 Å². The normalized spacial score (nSPS) is 10.5. The quantitative estimate of drug-likeness (QED) is 0.576. The Bertz CT molecular complexity index is 626. The van der Waals surface area contributed by atoms with E-state index in [4.69, 9.17) is 11.6 Å². The van der Waals surface area contributed by atoms with Crippen molar-refractivity contribution in [3.63, 3.8) is 0 Å². The predicted octanol–water partition coefficient (Wildman–Crippen LogP) is 4.81. The van der Waals surface area contributed by atoms with Crippen molar-refractivity contribution in [3.8, 4) is 0 Å². The summed E-state index contributed by atoms with van der Waals surface area (Å²) in [5, 5.41) is -0.0824. The molecule has 0 radical (unpaired) electrons. The topological polar surface area (TPSA) is 17.1 Å². The van der Waals surface area contributed by atoms with Gasteiger partial charge in [0, 0.05) is 10.9 Å². The number of halogens is 4. The van der Waals surface area contributed by atoms with E-state index in [-0.39, 0.29) is 11.4 Å². The Morgan fingerprint density at radius 3 is 2.37 bits per heavy atom. The number of benzene rings is 2. The average molecular weight is 346 g/mol. The van der Waals surface area contributed by atoms with Crippen molar-refractivity contribution < 1.29 is 13.6 Å². The summed E-state index contributed by atoms with van der Waals surface area (Å²) in [7, 11) is 0. The molecule has 5 heteroatoms. The van der Waals surface area contributed by atoms with Crippen LogP contribution in [0.5, 0.6) is 0 Å². The number of hydrogen-bond acceptors (Lipinski definition) is 1. The lowest BCUT2D eigenvalue weighted by Crippen LogP contribution is -2.08. The summed E-state index contributed by atoms with van der Waals surface area (Å²) in [6.07, 6.45) is -0.0344. The Balaban J connectivity index is 2.30. The summed E-state index contributed by atoms with van der Waals surface area (Å²) in [5.74, 6) is -2.83. The second kappa shape index (κ2) is 5.80. The molecular weight excluding hydrogens is 338 g/mol. The molecule has 0 amide bonds. The lowest BCUT2D eigenvalue weighted by atomic mass is 10.0. The first-order valence-electron chi connectivity index (χ1n) is 5.40. The van der Waals surface area contributed by atoms with Gasteiger partial charge >= 0.3 is 0 Å². The van der Waals surface area contributed by atoms with Gasteiger partial charge in [-0.1, -0.05) is 39.7 Å². The summed E-state index contributed by atoms with van der Waals surface area (Å²) in [4.78, 5) is 12.0. The molecule has 0 unspecified atom stereocenters. The van der Waals surface area contributed by atoms with E-state index >= 15 is 0 Å². The number of ketones is 1. The van der Waals surface area contributed by atoms with Gasteiger partial charge in [0.1, 0.15) is 0 Å². The van der Waals surface area contributed by atoms with Crippen molar-refractivity contribution in [1.29, 1.82) is 0 Å². The Kier molecular flexibility index (Phi) is 4.32. The van der Waals surface area contributed by atoms with Crippen molar-refractivity contribution in [3.05, 3.63) is 68.7 Å². The highest BCUT2D eigenvalue weighted by Crippen LogP contribution is 2.23. The summed E-state index contributed by atoms with van der Waals surface area (Å²) in [6.45, 7) is 0. The van der Waals surface area contributed by atoms with E-state index in [0.717, 1.165) is 10.5 Å². The molecule has 0 aromatic heterocycles. The molecule has 2 rings (SSSR count). The fourth-order valence-electron chi connectivity index (χ4n) is 1.66. The molecule has 0 aliphatic carbocycles. The molecule has 19 heavy (non-hydrogen) atoms. The Hall–Kier alpha value is -1.26. The Labute approximate surface area is 122 Å². The highest BCUT2D eigenvalue weighted by molar-refractivity contribution is 9.10. The molecule has 0 aliphatic rings. The van der Waals surface area contributed by atoms with Crippen molar-refractivity contribution in [1.82, 2.24) is 0 Å². The molecule has 0 spiro atoms. The van der Waals surface area contributed by atoms with E-state index in [2.05, 4.69) is 15.9 Å². The number of carbonyl (C=O) groups excluding carboxylic acids is 1. The van der Waals surface area contributed by atoms with Gasteiger partial charge in [0.15, 0.2) is 17.4 Å². The number of carbonyl (C=O) groups is 1. The maximum absolute atomic E-state index is 13.6. The predicted molar refractivity (Wildman–Crippen MR) is 73.5 cm³/mol. The molecule has 0 saturated heterocycles. The maximum atomic E-state index is 13.6. The summed E-state index contributed by atoms with van der Waals surface area (Å²) in [5.41, 5.74) is 0.303. The number of rotatable bonds is 3. The second-order valence-electron chi connectivity index (χ2n) is 3.94. The molecule has 2 aromatic rings. The fourth-order valence-corrected chi connectivity index (χ4v) is 2.17. The Morgan fingerprint density at radius 1 is 1.11 bits per heavy atom. The van der Waals surface area contributed by atoms with Crippen molar-refractivity contribution in [2.24, 2.45) is 0 Å². The summed E-state index contributed by atoms with van der Waals surface area (Å²) in [6, 6.07) is 9.07. The third kappa shape index (κ3) is 3.19. The van der Waals surface area contributed by atoms with Crippen LogP contribution in [0.15, 0.2) is 40.9 Å². The minimum absolute atomic E-state index is 0.0344. The molecule has 0 N–H and O–H groups in total. The summed E-state index contributed by atoms with van der Waals surface area (Å²) >= 11 is 9.03. The van der Waals surface area contributed by atoms with E-state index in [1.54, 1.807) is 24.3 Å². The van der Waals surface area contributed by atoms with Gasteiger partial charge in [-0.25, -0.2) is 8.78 Å². The van der Waals surface area contributed by atoms with E-state index in [1.807, 2.05) is 0 Å².